The van der Waals surface area contributed by atoms with E-state index in [1.54, 1.807) is 20.8 Å². The van der Waals surface area contributed by atoms with Crippen molar-refractivity contribution in [3.05, 3.63) is 34.6 Å². The third kappa shape index (κ3) is 6.76. The Hall–Kier alpha value is -1.82. The molecule has 122 valence electrons. The van der Waals surface area contributed by atoms with Gasteiger partial charge in [0.2, 0.25) is 0 Å². The number of hydrogen-bond acceptors (Lipinski definition) is 3. The first-order valence-electron chi connectivity index (χ1n) is 6.72. The molecular weight excluding hydrogens is 313 g/mol. The molecule has 0 aliphatic carbocycles. The number of halogens is 2. The van der Waals surface area contributed by atoms with Crippen LogP contribution in [0.2, 0.25) is 5.02 Å². The molecule has 1 aromatic carbocycles. The summed E-state index contributed by atoms with van der Waals surface area (Å²) in [5, 5.41) is 11.6. The summed E-state index contributed by atoms with van der Waals surface area (Å²) < 4.78 is 18.1. The highest BCUT2D eigenvalue weighted by molar-refractivity contribution is 6.31. The molecule has 0 aromatic heterocycles. The van der Waals surface area contributed by atoms with Gasteiger partial charge in [-0.15, -0.1) is 0 Å². The summed E-state index contributed by atoms with van der Waals surface area (Å²) in [6.45, 7) is 5.11. The molecule has 1 rings (SSSR count). The number of benzene rings is 1. The van der Waals surface area contributed by atoms with Gasteiger partial charge in [-0.05, 0) is 44.9 Å². The van der Waals surface area contributed by atoms with E-state index in [1.807, 2.05) is 0 Å². The van der Waals surface area contributed by atoms with Crippen LogP contribution >= 0.6 is 11.6 Å². The van der Waals surface area contributed by atoms with E-state index in [2.05, 4.69) is 5.32 Å². The molecule has 22 heavy (non-hydrogen) atoms. The van der Waals surface area contributed by atoms with E-state index in [9.17, 15) is 14.0 Å². The molecule has 1 unspecified atom stereocenters. The smallest absolute Gasteiger partial charge is 0.407 e. The van der Waals surface area contributed by atoms with Crippen molar-refractivity contribution in [2.75, 3.05) is 0 Å². The van der Waals surface area contributed by atoms with Gasteiger partial charge >= 0.3 is 12.1 Å². The second kappa shape index (κ2) is 7.45. The number of carbonyl (C=O) groups excluding carboxylic acids is 1. The fourth-order valence-corrected chi connectivity index (χ4v) is 2.06. The van der Waals surface area contributed by atoms with Crippen molar-refractivity contribution in [2.45, 2.75) is 45.3 Å². The van der Waals surface area contributed by atoms with Crippen LogP contribution in [0.4, 0.5) is 9.18 Å². The zero-order valence-corrected chi connectivity index (χ0v) is 13.4. The zero-order valence-electron chi connectivity index (χ0n) is 12.7. The van der Waals surface area contributed by atoms with Gasteiger partial charge in [0.25, 0.3) is 0 Å². The summed E-state index contributed by atoms with van der Waals surface area (Å²) in [7, 11) is 0. The fraction of sp³-hybridized carbons (Fsp3) is 0.467. The summed E-state index contributed by atoms with van der Waals surface area (Å²) in [4.78, 5) is 22.7. The predicted molar refractivity (Wildman–Crippen MR) is 80.5 cm³/mol. The summed E-state index contributed by atoms with van der Waals surface area (Å²) >= 11 is 5.92. The van der Waals surface area contributed by atoms with Crippen LogP contribution < -0.4 is 5.32 Å². The Morgan fingerprint density at radius 1 is 1.41 bits per heavy atom. The van der Waals surface area contributed by atoms with Crippen LogP contribution in [0.25, 0.3) is 0 Å². The molecule has 1 amide bonds. The van der Waals surface area contributed by atoms with E-state index < -0.39 is 29.5 Å². The second-order valence-corrected chi connectivity index (χ2v) is 6.29. The van der Waals surface area contributed by atoms with E-state index in [0.29, 0.717) is 5.56 Å². The lowest BCUT2D eigenvalue weighted by molar-refractivity contribution is -0.137. The minimum absolute atomic E-state index is 0.157. The topological polar surface area (TPSA) is 75.6 Å². The average Bonchev–Trinajstić information content (AvgIpc) is 2.29. The van der Waals surface area contributed by atoms with E-state index in [4.69, 9.17) is 21.4 Å². The van der Waals surface area contributed by atoms with Crippen LogP contribution in [0, 0.1) is 5.82 Å². The molecule has 0 saturated carbocycles. The van der Waals surface area contributed by atoms with Crippen LogP contribution in [0.3, 0.4) is 0 Å². The van der Waals surface area contributed by atoms with Gasteiger partial charge in [0.05, 0.1) is 6.42 Å². The molecular formula is C15H19ClFNO4. The number of nitrogens with one attached hydrogen (secondary N) is 1. The lowest BCUT2D eigenvalue weighted by Gasteiger charge is -2.23. The minimum atomic E-state index is -1.07. The molecule has 0 aliphatic heterocycles. The van der Waals surface area contributed by atoms with Crippen LogP contribution in [-0.4, -0.2) is 28.8 Å². The van der Waals surface area contributed by atoms with Gasteiger partial charge < -0.3 is 15.2 Å². The number of carboxylic acids is 1. The number of aliphatic carboxylic acids is 1. The predicted octanol–water partition coefficient (Wildman–Crippen LogP) is 3.39. The van der Waals surface area contributed by atoms with Gasteiger partial charge in [0, 0.05) is 11.1 Å². The molecule has 0 saturated heterocycles. The molecule has 7 heteroatoms. The van der Waals surface area contributed by atoms with Crippen LogP contribution in [-0.2, 0) is 16.0 Å². The Labute approximate surface area is 133 Å². The van der Waals surface area contributed by atoms with Crippen LogP contribution in [0.15, 0.2) is 18.2 Å². The Morgan fingerprint density at radius 3 is 2.55 bits per heavy atom. The number of alkyl carbamates (subject to hydrolysis) is 1. The molecule has 0 radical (unpaired) electrons. The molecule has 2 N–H and O–H groups in total. The second-order valence-electron chi connectivity index (χ2n) is 5.88. The monoisotopic (exact) mass is 331 g/mol. The Bertz CT molecular complexity index is 557. The number of carboxylic acid groups (broad SMARTS) is 1. The molecule has 1 atom stereocenters. The van der Waals surface area contributed by atoms with Gasteiger partial charge in [-0.25, -0.2) is 9.18 Å². The number of rotatable bonds is 5. The number of hydrogen-bond donors (Lipinski definition) is 2. The Balaban J connectivity index is 2.80. The molecule has 0 heterocycles. The Morgan fingerprint density at radius 2 is 2.05 bits per heavy atom. The summed E-state index contributed by atoms with van der Waals surface area (Å²) in [6.07, 6.45) is -0.852. The maximum Gasteiger partial charge on any atom is 0.407 e. The summed E-state index contributed by atoms with van der Waals surface area (Å²) in [5.41, 5.74) is -0.142. The van der Waals surface area contributed by atoms with E-state index in [1.165, 1.54) is 12.1 Å². The highest BCUT2D eigenvalue weighted by atomic mass is 35.5. The largest absolute Gasteiger partial charge is 0.481 e. The normalized spacial score (nSPS) is 12.6. The quantitative estimate of drug-likeness (QED) is 0.867. The van der Waals surface area contributed by atoms with Crippen molar-refractivity contribution in [1.29, 1.82) is 0 Å². The standard InChI is InChI=1S/C15H19ClFNO4/c1-15(2,3)22-14(21)18-11(8-13(19)20)6-9-4-5-10(17)7-12(9)16/h4-5,7,11H,6,8H2,1-3H3,(H,18,21)(H,19,20). The van der Waals surface area contributed by atoms with Crippen molar-refractivity contribution >= 4 is 23.7 Å². The van der Waals surface area contributed by atoms with Gasteiger partial charge in [-0.3, -0.25) is 4.79 Å². The van der Waals surface area contributed by atoms with Gasteiger partial charge in [-0.2, -0.15) is 0 Å². The third-order valence-electron chi connectivity index (χ3n) is 2.62. The molecule has 0 aliphatic rings. The van der Waals surface area contributed by atoms with Gasteiger partial charge in [-0.1, -0.05) is 17.7 Å². The molecule has 0 fully saturated rings. The first-order valence-corrected chi connectivity index (χ1v) is 7.10. The molecule has 1 aromatic rings. The van der Waals surface area contributed by atoms with E-state index >= 15 is 0 Å². The van der Waals surface area contributed by atoms with Crippen molar-refractivity contribution < 1.29 is 23.8 Å². The summed E-state index contributed by atoms with van der Waals surface area (Å²) in [6, 6.07) is 3.12. The minimum Gasteiger partial charge on any atom is -0.481 e. The third-order valence-corrected chi connectivity index (χ3v) is 2.98. The molecule has 0 bridgehead atoms. The van der Waals surface area contributed by atoms with Crippen LogP contribution in [0.5, 0.6) is 0 Å². The SMILES string of the molecule is CC(C)(C)OC(=O)NC(CC(=O)O)Cc1ccc(F)cc1Cl. The van der Waals surface area contributed by atoms with Crippen molar-refractivity contribution in [2.24, 2.45) is 0 Å². The van der Waals surface area contributed by atoms with E-state index in [-0.39, 0.29) is 17.9 Å². The van der Waals surface area contributed by atoms with Gasteiger partial charge in [0.1, 0.15) is 11.4 Å². The number of amides is 1. The first-order chi connectivity index (χ1) is 10.1. The lowest BCUT2D eigenvalue weighted by atomic mass is 10.0. The maximum absolute atomic E-state index is 13.0. The van der Waals surface area contributed by atoms with Gasteiger partial charge in [0.15, 0.2) is 0 Å². The average molecular weight is 332 g/mol. The molecule has 0 spiro atoms. The van der Waals surface area contributed by atoms with Crippen molar-refractivity contribution in [1.82, 2.24) is 5.32 Å². The van der Waals surface area contributed by atoms with Crippen LogP contribution in [0.1, 0.15) is 32.8 Å². The Kier molecular flexibility index (Phi) is 6.17. The number of ether oxygens (including phenoxy) is 1. The highest BCUT2D eigenvalue weighted by Crippen LogP contribution is 2.20. The summed E-state index contributed by atoms with van der Waals surface area (Å²) in [5.74, 6) is -1.55. The van der Waals surface area contributed by atoms with Crippen molar-refractivity contribution in [3.63, 3.8) is 0 Å². The fourth-order valence-electron chi connectivity index (χ4n) is 1.81. The van der Waals surface area contributed by atoms with Crippen molar-refractivity contribution in [3.8, 4) is 0 Å². The maximum atomic E-state index is 13.0. The lowest BCUT2D eigenvalue weighted by Crippen LogP contribution is -2.41. The first kappa shape index (κ1) is 18.2. The number of carbonyl (C=O) groups is 2. The zero-order chi connectivity index (χ0) is 16.9. The highest BCUT2D eigenvalue weighted by Gasteiger charge is 2.22. The molecule has 5 nitrogen and oxygen atoms in total. The van der Waals surface area contributed by atoms with E-state index in [0.717, 1.165) is 6.07 Å².